The summed E-state index contributed by atoms with van der Waals surface area (Å²) in [5.74, 6) is 0.525. The van der Waals surface area contributed by atoms with Gasteiger partial charge >= 0.3 is 6.18 Å². The lowest BCUT2D eigenvalue weighted by molar-refractivity contribution is -0.153. The van der Waals surface area contributed by atoms with Crippen molar-refractivity contribution in [2.45, 2.75) is 38.4 Å². The second kappa shape index (κ2) is 5.34. The SMILES string of the molecule is CCn1cc(C2CC2)c2c(OCC(F)(F)F)cc(C=O)cc21. The molecule has 1 aliphatic carbocycles. The van der Waals surface area contributed by atoms with Crippen molar-refractivity contribution in [3.63, 3.8) is 0 Å². The van der Waals surface area contributed by atoms with Gasteiger partial charge in [0.25, 0.3) is 0 Å². The summed E-state index contributed by atoms with van der Waals surface area (Å²) in [5.41, 5.74) is 2.09. The predicted octanol–water partition coefficient (Wildman–Crippen LogP) is 4.29. The quantitative estimate of drug-likeness (QED) is 0.771. The molecule has 0 bridgehead atoms. The summed E-state index contributed by atoms with van der Waals surface area (Å²) in [5, 5.41) is 0.708. The molecular formula is C16H16F3NO2. The molecule has 3 nitrogen and oxygen atoms in total. The third-order valence-electron chi connectivity index (χ3n) is 3.88. The van der Waals surface area contributed by atoms with Crippen molar-refractivity contribution in [2.24, 2.45) is 0 Å². The van der Waals surface area contributed by atoms with Crippen molar-refractivity contribution in [3.8, 4) is 5.75 Å². The summed E-state index contributed by atoms with van der Waals surface area (Å²) in [6.07, 6.45) is 0.269. The monoisotopic (exact) mass is 311 g/mol. The molecule has 3 rings (SSSR count). The van der Waals surface area contributed by atoms with Crippen LogP contribution < -0.4 is 4.74 Å². The molecule has 1 fully saturated rings. The number of aryl methyl sites for hydroxylation is 1. The van der Waals surface area contributed by atoms with Gasteiger partial charge in [0.05, 0.1) is 5.52 Å². The van der Waals surface area contributed by atoms with Crippen molar-refractivity contribution in [1.29, 1.82) is 0 Å². The molecule has 1 aromatic heterocycles. The zero-order chi connectivity index (χ0) is 15.9. The Morgan fingerprint density at radius 2 is 2.09 bits per heavy atom. The van der Waals surface area contributed by atoms with E-state index < -0.39 is 12.8 Å². The van der Waals surface area contributed by atoms with Gasteiger partial charge in [-0.2, -0.15) is 13.2 Å². The van der Waals surface area contributed by atoms with E-state index in [1.165, 1.54) is 6.07 Å². The van der Waals surface area contributed by atoms with Gasteiger partial charge in [-0.05, 0) is 43.4 Å². The van der Waals surface area contributed by atoms with Crippen LogP contribution in [0.4, 0.5) is 13.2 Å². The molecule has 1 heterocycles. The topological polar surface area (TPSA) is 31.2 Å². The van der Waals surface area contributed by atoms with Gasteiger partial charge in [0.15, 0.2) is 6.61 Å². The zero-order valence-corrected chi connectivity index (χ0v) is 12.1. The summed E-state index contributed by atoms with van der Waals surface area (Å²) in [6, 6.07) is 3.10. The first-order chi connectivity index (χ1) is 10.4. The first-order valence-corrected chi connectivity index (χ1v) is 7.24. The molecule has 1 aliphatic rings. The molecule has 1 aromatic carbocycles. The third kappa shape index (κ3) is 2.82. The summed E-state index contributed by atoms with van der Waals surface area (Å²) in [7, 11) is 0. The van der Waals surface area contributed by atoms with Gasteiger partial charge in [-0.25, -0.2) is 0 Å². The normalized spacial score (nSPS) is 15.3. The number of benzene rings is 1. The molecule has 0 radical (unpaired) electrons. The number of ether oxygens (including phenoxy) is 1. The molecule has 22 heavy (non-hydrogen) atoms. The second-order valence-corrected chi connectivity index (χ2v) is 5.58. The van der Waals surface area contributed by atoms with Crippen LogP contribution in [0, 0.1) is 0 Å². The number of hydrogen-bond donors (Lipinski definition) is 0. The van der Waals surface area contributed by atoms with E-state index in [4.69, 9.17) is 4.74 Å². The maximum atomic E-state index is 12.5. The van der Waals surface area contributed by atoms with Gasteiger partial charge in [0.2, 0.25) is 0 Å². The maximum absolute atomic E-state index is 12.5. The van der Waals surface area contributed by atoms with Crippen LogP contribution in [0.3, 0.4) is 0 Å². The van der Waals surface area contributed by atoms with Crippen molar-refractivity contribution in [3.05, 3.63) is 29.5 Å². The second-order valence-electron chi connectivity index (χ2n) is 5.58. The number of halogens is 3. The Morgan fingerprint density at radius 3 is 2.64 bits per heavy atom. The van der Waals surface area contributed by atoms with Gasteiger partial charge in [-0.3, -0.25) is 4.79 Å². The number of hydrogen-bond acceptors (Lipinski definition) is 2. The van der Waals surface area contributed by atoms with E-state index >= 15 is 0 Å². The van der Waals surface area contributed by atoms with Crippen molar-refractivity contribution >= 4 is 17.2 Å². The van der Waals surface area contributed by atoms with E-state index in [0.29, 0.717) is 29.7 Å². The molecule has 0 atom stereocenters. The highest BCUT2D eigenvalue weighted by atomic mass is 19.4. The zero-order valence-electron chi connectivity index (χ0n) is 12.1. The largest absolute Gasteiger partial charge is 0.483 e. The van der Waals surface area contributed by atoms with Crippen LogP contribution >= 0.6 is 0 Å². The third-order valence-corrected chi connectivity index (χ3v) is 3.88. The number of rotatable bonds is 5. The highest BCUT2D eigenvalue weighted by Crippen LogP contribution is 2.46. The molecule has 6 heteroatoms. The minimum Gasteiger partial charge on any atom is -0.483 e. The van der Waals surface area contributed by atoms with Crippen LogP contribution in [0.25, 0.3) is 10.9 Å². The van der Waals surface area contributed by atoms with Gasteiger partial charge < -0.3 is 9.30 Å². The van der Waals surface area contributed by atoms with Crippen LogP contribution in [-0.2, 0) is 6.54 Å². The van der Waals surface area contributed by atoms with E-state index in [2.05, 4.69) is 0 Å². The Kier molecular flexibility index (Phi) is 3.62. The fraction of sp³-hybridized carbons (Fsp3) is 0.438. The highest BCUT2D eigenvalue weighted by Gasteiger charge is 2.31. The summed E-state index contributed by atoms with van der Waals surface area (Å²) in [4.78, 5) is 11.1. The van der Waals surface area contributed by atoms with Crippen LogP contribution in [0.15, 0.2) is 18.3 Å². The number of carbonyl (C=O) groups is 1. The standard InChI is InChI=1S/C16H16F3NO2/c1-2-20-7-12(11-3-4-11)15-13(20)5-10(8-21)6-14(15)22-9-16(17,18)19/h5-8,11H,2-4,9H2,1H3. The number of fused-ring (bicyclic) bond motifs is 1. The molecule has 0 unspecified atom stereocenters. The lowest BCUT2D eigenvalue weighted by Gasteiger charge is -2.12. The van der Waals surface area contributed by atoms with E-state index in [9.17, 15) is 18.0 Å². The minimum absolute atomic E-state index is 0.144. The number of aromatic nitrogens is 1. The average molecular weight is 311 g/mol. The van der Waals surface area contributed by atoms with E-state index in [1.54, 1.807) is 6.07 Å². The predicted molar refractivity (Wildman–Crippen MR) is 76.5 cm³/mol. The molecule has 2 aromatic rings. The average Bonchev–Trinajstić information content (AvgIpc) is 3.25. The van der Waals surface area contributed by atoms with Gasteiger partial charge in [-0.1, -0.05) is 0 Å². The summed E-state index contributed by atoms with van der Waals surface area (Å²) < 4.78 is 44.4. The number of carbonyl (C=O) groups excluding carboxylic acids is 1. The van der Waals surface area contributed by atoms with E-state index in [-0.39, 0.29) is 5.75 Å². The lowest BCUT2D eigenvalue weighted by Crippen LogP contribution is -2.19. The minimum atomic E-state index is -4.41. The number of nitrogens with zero attached hydrogens (tertiary/aromatic N) is 1. The molecule has 0 aliphatic heterocycles. The van der Waals surface area contributed by atoms with Gasteiger partial charge in [0, 0.05) is 23.7 Å². The lowest BCUT2D eigenvalue weighted by atomic mass is 10.1. The van der Waals surface area contributed by atoms with E-state index in [1.807, 2.05) is 17.7 Å². The number of aldehydes is 1. The Bertz CT molecular complexity index is 714. The summed E-state index contributed by atoms with van der Waals surface area (Å²) >= 11 is 0. The first-order valence-electron chi connectivity index (χ1n) is 7.24. The molecule has 0 saturated heterocycles. The molecular weight excluding hydrogens is 295 g/mol. The Labute approximate surface area is 125 Å². The van der Waals surface area contributed by atoms with Gasteiger partial charge in [-0.15, -0.1) is 0 Å². The van der Waals surface area contributed by atoms with Gasteiger partial charge in [0.1, 0.15) is 12.0 Å². The van der Waals surface area contributed by atoms with Crippen LogP contribution in [0.5, 0.6) is 5.75 Å². The van der Waals surface area contributed by atoms with Crippen molar-refractivity contribution in [1.82, 2.24) is 4.57 Å². The van der Waals surface area contributed by atoms with Crippen LogP contribution in [0.2, 0.25) is 0 Å². The Morgan fingerprint density at radius 1 is 1.36 bits per heavy atom. The first kappa shape index (κ1) is 14.9. The Hall–Kier alpha value is -1.98. The van der Waals surface area contributed by atoms with Crippen molar-refractivity contribution in [2.75, 3.05) is 6.61 Å². The summed E-state index contributed by atoms with van der Waals surface area (Å²) in [6.45, 7) is 1.29. The molecule has 118 valence electrons. The fourth-order valence-electron chi connectivity index (χ4n) is 2.75. The van der Waals surface area contributed by atoms with Crippen LogP contribution in [0.1, 0.15) is 41.6 Å². The Balaban J connectivity index is 2.14. The van der Waals surface area contributed by atoms with E-state index in [0.717, 1.165) is 23.9 Å². The molecule has 1 saturated carbocycles. The molecule has 0 spiro atoms. The number of alkyl halides is 3. The highest BCUT2D eigenvalue weighted by molar-refractivity contribution is 5.95. The molecule has 0 amide bonds. The fourth-order valence-corrected chi connectivity index (χ4v) is 2.75. The van der Waals surface area contributed by atoms with Crippen molar-refractivity contribution < 1.29 is 22.7 Å². The maximum Gasteiger partial charge on any atom is 0.422 e. The van der Waals surface area contributed by atoms with Crippen LogP contribution in [-0.4, -0.2) is 23.6 Å². The molecule has 0 N–H and O–H groups in total. The smallest absolute Gasteiger partial charge is 0.422 e.